The Kier molecular flexibility index (Phi) is 3.87. The Morgan fingerprint density at radius 1 is 1.14 bits per heavy atom. The molecule has 1 amide bonds. The van der Waals surface area contributed by atoms with E-state index in [1.54, 1.807) is 12.1 Å². The second-order valence-corrected chi connectivity index (χ2v) is 5.80. The normalized spacial score (nSPS) is 15.3. The van der Waals surface area contributed by atoms with Crippen LogP contribution in [0, 0.1) is 5.82 Å². The highest BCUT2D eigenvalue weighted by Gasteiger charge is 2.20. The number of rotatable bonds is 2. The number of hydrogen-bond donors (Lipinski definition) is 1. The molecule has 0 fully saturated rings. The van der Waals surface area contributed by atoms with Gasteiger partial charge in [-0.05, 0) is 41.3 Å². The molecule has 2 aromatic rings. The standard InChI is InChI=1S/C16H12Cl2FNO/c17-13-4-3-11(8-14(13)19)15(18)10-2-1-9-5-6-20-16(21)12(9)7-10/h1-4,7-8,15H,5-6H2,(H,20,21). The lowest BCUT2D eigenvalue weighted by molar-refractivity contribution is 0.0946. The smallest absolute Gasteiger partial charge is 0.251 e. The van der Waals surface area contributed by atoms with Gasteiger partial charge < -0.3 is 5.32 Å². The van der Waals surface area contributed by atoms with E-state index in [1.165, 1.54) is 12.1 Å². The lowest BCUT2D eigenvalue weighted by Gasteiger charge is -2.19. The summed E-state index contributed by atoms with van der Waals surface area (Å²) in [5, 5.41) is 2.33. The van der Waals surface area contributed by atoms with E-state index in [2.05, 4.69) is 5.32 Å². The Morgan fingerprint density at radius 2 is 1.86 bits per heavy atom. The fraction of sp³-hybridized carbons (Fsp3) is 0.188. The number of nitrogens with one attached hydrogen (secondary N) is 1. The Labute approximate surface area is 131 Å². The van der Waals surface area contributed by atoms with Gasteiger partial charge in [0.2, 0.25) is 0 Å². The molecule has 0 bridgehead atoms. The molecule has 5 heteroatoms. The highest BCUT2D eigenvalue weighted by molar-refractivity contribution is 6.30. The summed E-state index contributed by atoms with van der Waals surface area (Å²) in [6.45, 7) is 0.651. The van der Waals surface area contributed by atoms with Crippen LogP contribution in [0.15, 0.2) is 36.4 Å². The average molecular weight is 324 g/mol. The molecule has 1 aliphatic rings. The summed E-state index contributed by atoms with van der Waals surface area (Å²) >= 11 is 12.1. The number of carbonyl (C=O) groups excluding carboxylic acids is 1. The van der Waals surface area contributed by atoms with E-state index < -0.39 is 11.2 Å². The summed E-state index contributed by atoms with van der Waals surface area (Å²) in [6.07, 6.45) is 0.809. The average Bonchev–Trinajstić information content (AvgIpc) is 2.49. The fourth-order valence-electron chi connectivity index (χ4n) is 2.45. The van der Waals surface area contributed by atoms with Crippen LogP contribution >= 0.6 is 23.2 Å². The van der Waals surface area contributed by atoms with Gasteiger partial charge in [-0.1, -0.05) is 29.8 Å². The van der Waals surface area contributed by atoms with E-state index in [0.717, 1.165) is 17.5 Å². The third kappa shape index (κ3) is 2.76. The van der Waals surface area contributed by atoms with Gasteiger partial charge >= 0.3 is 0 Å². The van der Waals surface area contributed by atoms with Gasteiger partial charge in [-0.3, -0.25) is 4.79 Å². The van der Waals surface area contributed by atoms with Gasteiger partial charge in [-0.15, -0.1) is 11.6 Å². The second kappa shape index (κ2) is 5.66. The molecule has 1 aliphatic heterocycles. The molecule has 1 atom stereocenters. The Morgan fingerprint density at radius 3 is 2.62 bits per heavy atom. The van der Waals surface area contributed by atoms with Crippen molar-refractivity contribution in [3.05, 3.63) is 69.5 Å². The summed E-state index contributed by atoms with van der Waals surface area (Å²) < 4.78 is 13.5. The van der Waals surface area contributed by atoms with Crippen LogP contribution in [0.4, 0.5) is 4.39 Å². The molecule has 2 nitrogen and oxygen atoms in total. The van der Waals surface area contributed by atoms with Gasteiger partial charge in [0.25, 0.3) is 5.91 Å². The van der Waals surface area contributed by atoms with Crippen molar-refractivity contribution in [3.63, 3.8) is 0 Å². The molecule has 0 radical (unpaired) electrons. The molecule has 2 aromatic carbocycles. The molecule has 0 saturated heterocycles. The number of hydrogen-bond acceptors (Lipinski definition) is 1. The first-order chi connectivity index (χ1) is 10.1. The van der Waals surface area contributed by atoms with Crippen molar-refractivity contribution in [2.45, 2.75) is 11.8 Å². The van der Waals surface area contributed by atoms with Crippen LogP contribution in [0.5, 0.6) is 0 Å². The molecular weight excluding hydrogens is 312 g/mol. The van der Waals surface area contributed by atoms with Crippen LogP contribution in [-0.4, -0.2) is 12.5 Å². The monoisotopic (exact) mass is 323 g/mol. The first kappa shape index (κ1) is 14.4. The molecular formula is C16H12Cl2FNO. The predicted octanol–water partition coefficient (Wildman–Crippen LogP) is 4.09. The lowest BCUT2D eigenvalue weighted by atomic mass is 9.95. The minimum absolute atomic E-state index is 0.0624. The summed E-state index contributed by atoms with van der Waals surface area (Å²) in [5.74, 6) is -0.597. The van der Waals surface area contributed by atoms with Crippen molar-refractivity contribution in [3.8, 4) is 0 Å². The number of alkyl halides is 1. The maximum atomic E-state index is 13.5. The molecule has 0 saturated carbocycles. The zero-order valence-corrected chi connectivity index (χ0v) is 12.5. The number of amides is 1. The highest BCUT2D eigenvalue weighted by Crippen LogP contribution is 2.32. The largest absolute Gasteiger partial charge is 0.352 e. The fourth-order valence-corrected chi connectivity index (χ4v) is 2.84. The van der Waals surface area contributed by atoms with Crippen LogP contribution in [0.25, 0.3) is 0 Å². The van der Waals surface area contributed by atoms with Crippen molar-refractivity contribution >= 4 is 29.1 Å². The predicted molar refractivity (Wildman–Crippen MR) is 81.6 cm³/mol. The van der Waals surface area contributed by atoms with Crippen molar-refractivity contribution in [1.29, 1.82) is 0 Å². The third-order valence-electron chi connectivity index (χ3n) is 3.59. The highest BCUT2D eigenvalue weighted by atomic mass is 35.5. The molecule has 0 aliphatic carbocycles. The topological polar surface area (TPSA) is 29.1 Å². The van der Waals surface area contributed by atoms with Gasteiger partial charge in [0, 0.05) is 12.1 Å². The van der Waals surface area contributed by atoms with Gasteiger partial charge in [0.15, 0.2) is 0 Å². The zero-order valence-electron chi connectivity index (χ0n) is 11.0. The van der Waals surface area contributed by atoms with Crippen LogP contribution in [0.3, 0.4) is 0 Å². The van der Waals surface area contributed by atoms with E-state index >= 15 is 0 Å². The van der Waals surface area contributed by atoms with Crippen molar-refractivity contribution < 1.29 is 9.18 Å². The maximum absolute atomic E-state index is 13.5. The summed E-state index contributed by atoms with van der Waals surface area (Å²) in [7, 11) is 0. The van der Waals surface area contributed by atoms with Crippen LogP contribution in [0.1, 0.15) is 32.4 Å². The van der Waals surface area contributed by atoms with E-state index in [1.807, 2.05) is 12.1 Å². The van der Waals surface area contributed by atoms with Crippen LogP contribution in [0.2, 0.25) is 5.02 Å². The number of benzene rings is 2. The van der Waals surface area contributed by atoms with Gasteiger partial charge in [-0.25, -0.2) is 4.39 Å². The Bertz CT molecular complexity index is 717. The molecule has 108 valence electrons. The first-order valence-corrected chi connectivity index (χ1v) is 7.38. The molecule has 21 heavy (non-hydrogen) atoms. The number of halogens is 3. The zero-order chi connectivity index (χ0) is 15.0. The van der Waals surface area contributed by atoms with Gasteiger partial charge in [0.1, 0.15) is 5.82 Å². The van der Waals surface area contributed by atoms with Crippen molar-refractivity contribution in [1.82, 2.24) is 5.32 Å². The van der Waals surface area contributed by atoms with Crippen LogP contribution in [-0.2, 0) is 6.42 Å². The van der Waals surface area contributed by atoms with E-state index in [4.69, 9.17) is 23.2 Å². The summed E-state index contributed by atoms with van der Waals surface area (Å²) in [5.41, 5.74) is 3.01. The summed E-state index contributed by atoms with van der Waals surface area (Å²) in [4.78, 5) is 11.9. The van der Waals surface area contributed by atoms with Crippen LogP contribution < -0.4 is 5.32 Å². The summed E-state index contributed by atoms with van der Waals surface area (Å²) in [6, 6.07) is 10.0. The quantitative estimate of drug-likeness (QED) is 0.828. The first-order valence-electron chi connectivity index (χ1n) is 6.56. The number of fused-ring (bicyclic) bond motifs is 1. The molecule has 0 spiro atoms. The minimum atomic E-state index is -0.531. The van der Waals surface area contributed by atoms with Gasteiger partial charge in [0.05, 0.1) is 10.4 Å². The van der Waals surface area contributed by atoms with Gasteiger partial charge in [-0.2, -0.15) is 0 Å². The molecule has 1 N–H and O–H groups in total. The molecule has 1 unspecified atom stereocenters. The lowest BCUT2D eigenvalue weighted by Crippen LogP contribution is -2.31. The molecule has 3 rings (SSSR count). The molecule has 0 aromatic heterocycles. The number of carbonyl (C=O) groups is 1. The van der Waals surface area contributed by atoms with E-state index in [0.29, 0.717) is 17.7 Å². The third-order valence-corrected chi connectivity index (χ3v) is 4.40. The minimum Gasteiger partial charge on any atom is -0.352 e. The second-order valence-electron chi connectivity index (χ2n) is 4.96. The SMILES string of the molecule is O=C1NCCc2ccc(C(Cl)c3ccc(Cl)c(F)c3)cc21. The van der Waals surface area contributed by atoms with Crippen molar-refractivity contribution in [2.24, 2.45) is 0 Å². The molecule has 1 heterocycles. The van der Waals surface area contributed by atoms with Crippen molar-refractivity contribution in [2.75, 3.05) is 6.54 Å². The maximum Gasteiger partial charge on any atom is 0.251 e. The Balaban J connectivity index is 1.98. The Hall–Kier alpha value is -1.58. The van der Waals surface area contributed by atoms with E-state index in [9.17, 15) is 9.18 Å². The van der Waals surface area contributed by atoms with E-state index in [-0.39, 0.29) is 10.9 Å².